The minimum absolute atomic E-state index is 0.325. The maximum Gasteiger partial charge on any atom is 0.279 e. The first-order valence-corrected chi connectivity index (χ1v) is 8.45. The Balaban J connectivity index is 2.15. The van der Waals surface area contributed by atoms with Crippen LogP contribution in [0.1, 0.15) is 10.4 Å². The van der Waals surface area contributed by atoms with Gasteiger partial charge in [0.1, 0.15) is 5.75 Å². The van der Waals surface area contributed by atoms with E-state index in [2.05, 4.69) is 11.6 Å². The van der Waals surface area contributed by atoms with Crippen molar-refractivity contribution in [2.75, 3.05) is 7.11 Å². The van der Waals surface area contributed by atoms with Crippen molar-refractivity contribution in [1.29, 1.82) is 0 Å². The highest BCUT2D eigenvalue weighted by molar-refractivity contribution is 7.16. The maximum absolute atomic E-state index is 12.5. The van der Waals surface area contributed by atoms with Crippen LogP contribution >= 0.6 is 22.9 Å². The Bertz CT molecular complexity index is 988. The van der Waals surface area contributed by atoms with E-state index in [1.165, 1.54) is 11.3 Å². The fourth-order valence-corrected chi connectivity index (χ4v) is 3.78. The maximum atomic E-state index is 12.5. The molecule has 3 aromatic rings. The fourth-order valence-electron chi connectivity index (χ4n) is 2.38. The van der Waals surface area contributed by atoms with Gasteiger partial charge in [0.25, 0.3) is 5.91 Å². The Morgan fingerprint density at radius 2 is 2.17 bits per heavy atom. The number of ether oxygens (including phenoxy) is 1. The van der Waals surface area contributed by atoms with Crippen molar-refractivity contribution in [3.63, 3.8) is 0 Å². The van der Waals surface area contributed by atoms with E-state index < -0.39 is 0 Å². The molecule has 0 aliphatic heterocycles. The second-order valence-corrected chi connectivity index (χ2v) is 6.44. The van der Waals surface area contributed by atoms with Crippen molar-refractivity contribution >= 4 is 39.1 Å². The normalized spacial score (nSPS) is 11.7. The van der Waals surface area contributed by atoms with Crippen molar-refractivity contribution < 1.29 is 9.53 Å². The monoisotopic (exact) mass is 358 g/mol. The van der Waals surface area contributed by atoms with Gasteiger partial charge >= 0.3 is 0 Å². The molecule has 0 saturated carbocycles. The van der Waals surface area contributed by atoms with E-state index in [-0.39, 0.29) is 5.91 Å². The SMILES string of the molecule is C=CCn1c(=NC(=O)c2cccc(OC)c2)sc2cccc(Cl)c21. The summed E-state index contributed by atoms with van der Waals surface area (Å²) in [7, 11) is 1.56. The lowest BCUT2D eigenvalue weighted by Gasteiger charge is -2.03. The number of allylic oxidation sites excluding steroid dienone is 1. The molecule has 0 saturated heterocycles. The molecule has 0 aliphatic carbocycles. The number of nitrogens with zero attached hydrogens (tertiary/aromatic N) is 2. The van der Waals surface area contributed by atoms with Gasteiger partial charge in [0.2, 0.25) is 0 Å². The number of carbonyl (C=O) groups is 1. The summed E-state index contributed by atoms with van der Waals surface area (Å²) in [6.07, 6.45) is 1.75. The van der Waals surface area contributed by atoms with Gasteiger partial charge in [-0.25, -0.2) is 0 Å². The number of hydrogen-bond acceptors (Lipinski definition) is 3. The van der Waals surface area contributed by atoms with Crippen LogP contribution in [-0.4, -0.2) is 17.6 Å². The van der Waals surface area contributed by atoms with Gasteiger partial charge in [-0.05, 0) is 30.3 Å². The second kappa shape index (κ2) is 7.03. The predicted molar refractivity (Wildman–Crippen MR) is 97.9 cm³/mol. The summed E-state index contributed by atoms with van der Waals surface area (Å²) < 4.78 is 8.02. The standard InChI is InChI=1S/C18H15ClN2O2S/c1-3-10-21-16-14(19)8-5-9-15(16)24-18(21)20-17(22)12-6-4-7-13(11-12)23-2/h3-9,11H,1,10H2,2H3. The number of halogens is 1. The molecule has 0 unspecified atom stereocenters. The van der Waals surface area contributed by atoms with Gasteiger partial charge in [-0.2, -0.15) is 4.99 Å². The molecule has 0 bridgehead atoms. The van der Waals surface area contributed by atoms with Gasteiger partial charge in [-0.15, -0.1) is 6.58 Å². The number of rotatable bonds is 4. The first kappa shape index (κ1) is 16.5. The number of thiazole rings is 1. The van der Waals surface area contributed by atoms with Gasteiger partial charge in [-0.3, -0.25) is 4.79 Å². The highest BCUT2D eigenvalue weighted by Gasteiger charge is 2.11. The Morgan fingerprint density at radius 1 is 1.38 bits per heavy atom. The molecule has 122 valence electrons. The quantitative estimate of drug-likeness (QED) is 0.653. The molecule has 0 fully saturated rings. The van der Waals surface area contributed by atoms with Gasteiger partial charge in [-0.1, -0.05) is 41.1 Å². The van der Waals surface area contributed by atoms with Crippen LogP contribution in [0.3, 0.4) is 0 Å². The van der Waals surface area contributed by atoms with E-state index in [1.807, 2.05) is 22.8 Å². The van der Waals surface area contributed by atoms with Crippen LogP contribution in [0.15, 0.2) is 60.1 Å². The Kier molecular flexibility index (Phi) is 4.83. The third-order valence-electron chi connectivity index (χ3n) is 3.48. The molecule has 1 heterocycles. The Labute approximate surface area is 148 Å². The molecule has 0 spiro atoms. The molecule has 1 aromatic heterocycles. The summed E-state index contributed by atoms with van der Waals surface area (Å²) in [6, 6.07) is 12.6. The van der Waals surface area contributed by atoms with Gasteiger partial charge in [0.05, 0.1) is 22.3 Å². The van der Waals surface area contributed by atoms with E-state index in [9.17, 15) is 4.79 Å². The average molecular weight is 359 g/mol. The van der Waals surface area contributed by atoms with Crippen LogP contribution in [0.4, 0.5) is 0 Å². The molecule has 6 heteroatoms. The summed E-state index contributed by atoms with van der Waals surface area (Å²) in [4.78, 5) is 17.4. The number of carbonyl (C=O) groups excluding carboxylic acids is 1. The van der Waals surface area contributed by atoms with Gasteiger partial charge in [0.15, 0.2) is 4.80 Å². The molecule has 0 N–H and O–H groups in total. The Hall–Kier alpha value is -2.37. The van der Waals surface area contributed by atoms with Crippen LogP contribution < -0.4 is 9.54 Å². The molecule has 1 amide bonds. The molecule has 0 aliphatic rings. The number of amides is 1. The van der Waals surface area contributed by atoms with Crippen molar-refractivity contribution in [2.45, 2.75) is 6.54 Å². The van der Waals surface area contributed by atoms with Crippen LogP contribution in [0.2, 0.25) is 5.02 Å². The lowest BCUT2D eigenvalue weighted by Crippen LogP contribution is -2.16. The molecule has 0 radical (unpaired) electrons. The number of methoxy groups -OCH3 is 1. The number of benzene rings is 2. The van der Waals surface area contributed by atoms with E-state index in [0.717, 1.165) is 10.2 Å². The van der Waals surface area contributed by atoms with Crippen molar-refractivity contribution in [2.24, 2.45) is 4.99 Å². The minimum atomic E-state index is -0.325. The number of fused-ring (bicyclic) bond motifs is 1. The number of hydrogen-bond donors (Lipinski definition) is 0. The van der Waals surface area contributed by atoms with Crippen LogP contribution in [0.5, 0.6) is 5.75 Å². The number of para-hydroxylation sites is 1. The van der Waals surface area contributed by atoms with Gasteiger partial charge in [0, 0.05) is 12.1 Å². The molecule has 3 rings (SSSR count). The zero-order valence-corrected chi connectivity index (χ0v) is 14.6. The first-order chi connectivity index (χ1) is 11.6. The minimum Gasteiger partial charge on any atom is -0.497 e. The predicted octanol–water partition coefficient (Wildman–Crippen LogP) is 4.29. The highest BCUT2D eigenvalue weighted by atomic mass is 35.5. The lowest BCUT2D eigenvalue weighted by molar-refractivity contribution is 0.0997. The summed E-state index contributed by atoms with van der Waals surface area (Å²) in [5, 5.41) is 0.626. The van der Waals surface area contributed by atoms with Gasteiger partial charge < -0.3 is 9.30 Å². The third-order valence-corrected chi connectivity index (χ3v) is 4.83. The lowest BCUT2D eigenvalue weighted by atomic mass is 10.2. The molecular weight excluding hydrogens is 344 g/mol. The van der Waals surface area contributed by atoms with E-state index in [1.54, 1.807) is 37.5 Å². The molecular formula is C18H15ClN2O2S. The number of aromatic nitrogens is 1. The van der Waals surface area contributed by atoms with Crippen molar-refractivity contribution in [1.82, 2.24) is 4.57 Å². The summed E-state index contributed by atoms with van der Waals surface area (Å²) in [5.74, 6) is 0.295. The topological polar surface area (TPSA) is 43.6 Å². The summed E-state index contributed by atoms with van der Waals surface area (Å²) in [5.41, 5.74) is 1.34. The fraction of sp³-hybridized carbons (Fsp3) is 0.111. The smallest absolute Gasteiger partial charge is 0.279 e. The third kappa shape index (κ3) is 3.13. The Morgan fingerprint density at radius 3 is 2.92 bits per heavy atom. The molecule has 4 nitrogen and oxygen atoms in total. The van der Waals surface area contributed by atoms with Crippen LogP contribution in [-0.2, 0) is 6.54 Å². The highest BCUT2D eigenvalue weighted by Crippen LogP contribution is 2.25. The largest absolute Gasteiger partial charge is 0.497 e. The molecule has 2 aromatic carbocycles. The van der Waals surface area contributed by atoms with E-state index in [0.29, 0.717) is 27.7 Å². The van der Waals surface area contributed by atoms with E-state index >= 15 is 0 Å². The molecule has 0 atom stereocenters. The zero-order valence-electron chi connectivity index (χ0n) is 13.0. The zero-order chi connectivity index (χ0) is 17.1. The van der Waals surface area contributed by atoms with Crippen LogP contribution in [0, 0.1) is 0 Å². The van der Waals surface area contributed by atoms with Crippen molar-refractivity contribution in [3.05, 3.63) is 70.5 Å². The summed E-state index contributed by atoms with van der Waals surface area (Å²) in [6.45, 7) is 4.29. The average Bonchev–Trinajstić information content (AvgIpc) is 2.94. The molecule has 24 heavy (non-hydrogen) atoms. The second-order valence-electron chi connectivity index (χ2n) is 5.02. The summed E-state index contributed by atoms with van der Waals surface area (Å²) >= 11 is 7.74. The van der Waals surface area contributed by atoms with Crippen molar-refractivity contribution in [3.8, 4) is 5.75 Å². The first-order valence-electron chi connectivity index (χ1n) is 7.26. The van der Waals surface area contributed by atoms with E-state index in [4.69, 9.17) is 16.3 Å². The van der Waals surface area contributed by atoms with Crippen LogP contribution in [0.25, 0.3) is 10.2 Å².